The molecule has 372 valence electrons. The van der Waals surface area contributed by atoms with Crippen LogP contribution in [0.1, 0.15) is 295 Å². The lowest BCUT2D eigenvalue weighted by Crippen LogP contribution is -2.55. The van der Waals surface area contributed by atoms with Gasteiger partial charge in [0.25, 0.3) is 0 Å². The average molecular weight is 978 g/mol. The van der Waals surface area contributed by atoms with Gasteiger partial charge in [-0.25, -0.2) is 0 Å². The molecule has 0 aromatic rings. The van der Waals surface area contributed by atoms with Crippen LogP contribution in [0.4, 0.5) is 0 Å². The van der Waals surface area contributed by atoms with Crippen LogP contribution in [0.2, 0.25) is 0 Å². The first-order valence-corrected chi connectivity index (χ1v) is 32.1. The summed E-state index contributed by atoms with van der Waals surface area (Å²) in [6.07, 6.45) is 65.3. The van der Waals surface area contributed by atoms with Crippen LogP contribution < -0.4 is 0 Å². The molecule has 1 fully saturated rings. The highest BCUT2D eigenvalue weighted by molar-refractivity contribution is 7.81. The predicted octanol–water partition coefficient (Wildman–Crippen LogP) is 20.7. The Labute approximate surface area is 425 Å². The summed E-state index contributed by atoms with van der Waals surface area (Å²) < 4.78 is 0. The third-order valence-electron chi connectivity index (χ3n) is 15.9. The maximum absolute atomic E-state index is 5.48. The van der Waals surface area contributed by atoms with E-state index in [1.807, 2.05) is 0 Å². The molecular weight excluding hydrogens is 865 g/mol. The van der Waals surface area contributed by atoms with Crippen molar-refractivity contribution in [1.29, 1.82) is 0 Å². The molecule has 3 atom stereocenters. The summed E-state index contributed by atoms with van der Waals surface area (Å²) in [4.78, 5) is 0. The summed E-state index contributed by atoms with van der Waals surface area (Å²) in [6.45, 7) is 0. The Hall–Kier alpha value is 2.10. The minimum atomic E-state index is 0.403. The van der Waals surface area contributed by atoms with Gasteiger partial charge in [-0.05, 0) is 121 Å². The minimum Gasteiger partial charge on any atom is -0.179 e. The summed E-state index contributed by atoms with van der Waals surface area (Å²) in [5, 5.41) is 0. The SMILES string of the molecule is SCCCCCCCCCCCCC1C(CS)CCC(CS)(CCCCCCCCCCCCS)C1(CCCCCCCCCCCCS)CCCCCCCCCCCCS. The van der Waals surface area contributed by atoms with Crippen LogP contribution in [0.25, 0.3) is 0 Å². The summed E-state index contributed by atoms with van der Waals surface area (Å²) in [6, 6.07) is 0. The lowest BCUT2D eigenvalue weighted by atomic mass is 9.44. The fourth-order valence-electron chi connectivity index (χ4n) is 12.0. The molecular formula is C56H112S6. The van der Waals surface area contributed by atoms with Crippen LogP contribution in [0.3, 0.4) is 0 Å². The highest BCUT2D eigenvalue weighted by atomic mass is 32.1. The van der Waals surface area contributed by atoms with Gasteiger partial charge in [0, 0.05) is 0 Å². The van der Waals surface area contributed by atoms with Crippen molar-refractivity contribution in [3.63, 3.8) is 0 Å². The number of hydrogen-bond donors (Lipinski definition) is 6. The van der Waals surface area contributed by atoms with Gasteiger partial charge in [0.15, 0.2) is 0 Å². The Balaban J connectivity index is 3.08. The Morgan fingerprint density at radius 2 is 0.548 bits per heavy atom. The topological polar surface area (TPSA) is 0 Å². The van der Waals surface area contributed by atoms with Crippen LogP contribution in [0.15, 0.2) is 0 Å². The van der Waals surface area contributed by atoms with Gasteiger partial charge in [-0.3, -0.25) is 0 Å². The van der Waals surface area contributed by atoms with E-state index >= 15 is 0 Å². The average Bonchev–Trinajstić information content (AvgIpc) is 3.29. The summed E-state index contributed by atoms with van der Waals surface area (Å²) in [7, 11) is 0. The Kier molecular flexibility index (Phi) is 46.9. The van der Waals surface area contributed by atoms with Gasteiger partial charge >= 0.3 is 0 Å². The van der Waals surface area contributed by atoms with E-state index in [0.717, 1.165) is 46.4 Å². The lowest BCUT2D eigenvalue weighted by molar-refractivity contribution is -0.102. The van der Waals surface area contributed by atoms with Gasteiger partial charge < -0.3 is 0 Å². The van der Waals surface area contributed by atoms with Crippen LogP contribution >= 0.6 is 75.8 Å². The standard InChI is InChI=1S/C56H112S6/c57-47-37-29-21-13-5-1-9-17-25-33-41-54-53(51-61)42-46-55(52-62,43-34-26-18-10-2-6-14-22-30-38-48-58)56(54,44-35-27-19-11-3-7-15-23-31-39-49-59)45-36-28-20-12-4-8-16-24-32-40-50-60/h53-54,57-62H,1-52H2. The van der Waals surface area contributed by atoms with Gasteiger partial charge in [-0.1, -0.05) is 231 Å². The van der Waals surface area contributed by atoms with Crippen molar-refractivity contribution in [3.8, 4) is 0 Å². The molecule has 0 heterocycles. The largest absolute Gasteiger partial charge is 0.179 e. The fraction of sp³-hybridized carbons (Fsp3) is 1.00. The maximum Gasteiger partial charge on any atom is -0.00357 e. The zero-order valence-electron chi connectivity index (χ0n) is 41.6. The zero-order valence-corrected chi connectivity index (χ0v) is 47.0. The van der Waals surface area contributed by atoms with Crippen LogP contribution in [0, 0.1) is 22.7 Å². The summed E-state index contributed by atoms with van der Waals surface area (Å²) in [5.74, 6) is 8.06. The number of thiol groups is 6. The third kappa shape index (κ3) is 30.6. The first-order valence-electron chi connectivity index (χ1n) is 28.3. The van der Waals surface area contributed by atoms with Gasteiger partial charge in [0.05, 0.1) is 0 Å². The Morgan fingerprint density at radius 3 is 0.823 bits per heavy atom. The predicted molar refractivity (Wildman–Crippen MR) is 307 cm³/mol. The fourth-order valence-corrected chi connectivity index (χ4v) is 14.0. The smallest absolute Gasteiger partial charge is 0.00357 e. The number of rotatable bonds is 50. The van der Waals surface area contributed by atoms with Gasteiger partial charge in [-0.2, -0.15) is 75.8 Å². The molecule has 1 rings (SSSR count). The number of hydrogen-bond acceptors (Lipinski definition) is 6. The highest BCUT2D eigenvalue weighted by Crippen LogP contribution is 2.64. The van der Waals surface area contributed by atoms with E-state index in [1.54, 1.807) is 0 Å². The van der Waals surface area contributed by atoms with Crippen molar-refractivity contribution in [1.82, 2.24) is 0 Å². The molecule has 1 saturated carbocycles. The molecule has 0 spiro atoms. The normalized spacial score (nSPS) is 18.9. The van der Waals surface area contributed by atoms with E-state index in [9.17, 15) is 0 Å². The lowest BCUT2D eigenvalue weighted by Gasteiger charge is -2.61. The van der Waals surface area contributed by atoms with Crippen molar-refractivity contribution in [2.24, 2.45) is 22.7 Å². The molecule has 0 bridgehead atoms. The zero-order chi connectivity index (χ0) is 44.9. The Morgan fingerprint density at radius 1 is 0.290 bits per heavy atom. The van der Waals surface area contributed by atoms with Crippen molar-refractivity contribution in [3.05, 3.63) is 0 Å². The Bertz CT molecular complexity index is 859. The molecule has 0 saturated heterocycles. The first kappa shape index (κ1) is 62.1. The second-order valence-electron chi connectivity index (χ2n) is 20.8. The molecule has 0 nitrogen and oxygen atoms in total. The maximum atomic E-state index is 5.48. The monoisotopic (exact) mass is 977 g/mol. The summed E-state index contributed by atoms with van der Waals surface area (Å²) in [5.41, 5.74) is 0.848. The van der Waals surface area contributed by atoms with E-state index in [-0.39, 0.29) is 0 Å². The van der Waals surface area contributed by atoms with Crippen molar-refractivity contribution in [2.45, 2.75) is 295 Å². The molecule has 1 aliphatic carbocycles. The van der Waals surface area contributed by atoms with Crippen molar-refractivity contribution in [2.75, 3.05) is 34.5 Å². The molecule has 0 amide bonds. The van der Waals surface area contributed by atoms with Crippen LogP contribution in [-0.2, 0) is 0 Å². The van der Waals surface area contributed by atoms with E-state index in [4.69, 9.17) is 25.3 Å². The first-order chi connectivity index (χ1) is 30.6. The second kappa shape index (κ2) is 46.8. The van der Waals surface area contributed by atoms with Crippen molar-refractivity contribution >= 4 is 75.8 Å². The molecule has 3 unspecified atom stereocenters. The van der Waals surface area contributed by atoms with E-state index < -0.39 is 0 Å². The molecule has 62 heavy (non-hydrogen) atoms. The molecule has 0 aromatic heterocycles. The molecule has 0 aliphatic heterocycles. The second-order valence-corrected chi connectivity index (χ2v) is 23.2. The van der Waals surface area contributed by atoms with Crippen molar-refractivity contribution < 1.29 is 0 Å². The minimum absolute atomic E-state index is 0.403. The van der Waals surface area contributed by atoms with Crippen LogP contribution in [0.5, 0.6) is 0 Å². The molecule has 0 radical (unpaired) electrons. The van der Waals surface area contributed by atoms with Gasteiger partial charge in [-0.15, -0.1) is 0 Å². The molecule has 1 aliphatic rings. The summed E-state index contributed by atoms with van der Waals surface area (Å²) >= 11 is 28.3. The molecule has 0 N–H and O–H groups in total. The van der Waals surface area contributed by atoms with Crippen LogP contribution in [-0.4, -0.2) is 34.5 Å². The van der Waals surface area contributed by atoms with E-state index in [0.29, 0.717) is 10.8 Å². The quantitative estimate of drug-likeness (QED) is 0.0254. The van der Waals surface area contributed by atoms with E-state index in [1.165, 1.54) is 295 Å². The molecule has 0 aromatic carbocycles. The number of unbranched alkanes of at least 4 members (excludes halogenated alkanes) is 36. The van der Waals surface area contributed by atoms with Gasteiger partial charge in [0.2, 0.25) is 0 Å². The van der Waals surface area contributed by atoms with Gasteiger partial charge in [0.1, 0.15) is 0 Å². The van der Waals surface area contributed by atoms with E-state index in [2.05, 4.69) is 50.5 Å². The highest BCUT2D eigenvalue weighted by Gasteiger charge is 2.57. The molecule has 6 heteroatoms. The third-order valence-corrected chi connectivity index (χ3v) is 18.3.